The molecule has 5 rings (SSSR count). The first-order valence-electron chi connectivity index (χ1n) is 12.3. The van der Waals surface area contributed by atoms with Crippen LogP contribution in [0.5, 0.6) is 5.75 Å². The van der Waals surface area contributed by atoms with E-state index in [9.17, 15) is 8.78 Å². The number of nitrogens with one attached hydrogen (secondary N) is 1. The van der Waals surface area contributed by atoms with Gasteiger partial charge in [-0.3, -0.25) is 4.90 Å². The zero-order valence-electron chi connectivity index (χ0n) is 20.1. The zero-order chi connectivity index (χ0) is 24.0. The average Bonchev–Trinajstić information content (AvgIpc) is 2.89. The van der Waals surface area contributed by atoms with E-state index >= 15 is 0 Å². The van der Waals surface area contributed by atoms with Crippen molar-refractivity contribution in [2.75, 3.05) is 31.6 Å². The maximum atomic E-state index is 13.6. The number of anilines is 1. The van der Waals surface area contributed by atoms with E-state index in [1.807, 2.05) is 30.3 Å². The second kappa shape index (κ2) is 12.2. The molecule has 0 amide bonds. The highest BCUT2D eigenvalue weighted by atomic mass is 35.5. The molecule has 1 atom stereocenters. The fraction of sp³-hybridized carbons (Fsp3) is 0.267. The topological polar surface area (TPSA) is 24.5 Å². The minimum absolute atomic E-state index is 0. The predicted molar refractivity (Wildman–Crippen MR) is 145 cm³/mol. The van der Waals surface area contributed by atoms with E-state index in [2.05, 4.69) is 34.5 Å². The maximum Gasteiger partial charge on any atom is 0.123 e. The summed E-state index contributed by atoms with van der Waals surface area (Å²) in [5.41, 5.74) is 1.92. The van der Waals surface area contributed by atoms with Gasteiger partial charge in [0.25, 0.3) is 0 Å². The fourth-order valence-electron chi connectivity index (χ4n) is 4.93. The summed E-state index contributed by atoms with van der Waals surface area (Å²) in [6, 6.07) is 27.7. The third kappa shape index (κ3) is 6.54. The SMILES string of the molecule is Cl.Fc1ccc(NC(c2ccc(F)cc2)C2CCN(CCOc3ccc4ccccc4c3)CC2)cc1. The molecule has 4 aromatic rings. The summed E-state index contributed by atoms with van der Waals surface area (Å²) in [5.74, 6) is 0.797. The molecule has 0 aliphatic carbocycles. The third-order valence-corrected chi connectivity index (χ3v) is 6.90. The molecule has 1 aliphatic heterocycles. The van der Waals surface area contributed by atoms with Crippen molar-refractivity contribution < 1.29 is 13.5 Å². The number of fused-ring (bicyclic) bond motifs is 1. The molecule has 1 unspecified atom stereocenters. The number of halogens is 3. The number of hydrogen-bond acceptors (Lipinski definition) is 3. The second-order valence-electron chi connectivity index (χ2n) is 9.22. The van der Waals surface area contributed by atoms with E-state index in [0.717, 1.165) is 49.5 Å². The molecule has 0 bridgehead atoms. The summed E-state index contributed by atoms with van der Waals surface area (Å²) in [7, 11) is 0. The van der Waals surface area contributed by atoms with Gasteiger partial charge in [-0.05, 0) is 96.7 Å². The molecular formula is C30H31ClF2N2O. The van der Waals surface area contributed by atoms with Crippen molar-refractivity contribution in [3.05, 3.63) is 108 Å². The smallest absolute Gasteiger partial charge is 0.123 e. The molecule has 1 heterocycles. The van der Waals surface area contributed by atoms with E-state index in [1.165, 1.54) is 35.0 Å². The summed E-state index contributed by atoms with van der Waals surface area (Å²) < 4.78 is 33.0. The Labute approximate surface area is 217 Å². The largest absolute Gasteiger partial charge is 0.492 e. The van der Waals surface area contributed by atoms with E-state index < -0.39 is 0 Å². The molecule has 1 fully saturated rings. The van der Waals surface area contributed by atoms with Crippen molar-refractivity contribution in [2.24, 2.45) is 5.92 Å². The van der Waals surface area contributed by atoms with E-state index in [-0.39, 0.29) is 30.1 Å². The fourth-order valence-corrected chi connectivity index (χ4v) is 4.93. The van der Waals surface area contributed by atoms with E-state index in [0.29, 0.717) is 12.5 Å². The van der Waals surface area contributed by atoms with Crippen molar-refractivity contribution in [1.82, 2.24) is 4.90 Å². The van der Waals surface area contributed by atoms with Crippen LogP contribution in [-0.4, -0.2) is 31.1 Å². The van der Waals surface area contributed by atoms with Crippen molar-refractivity contribution in [2.45, 2.75) is 18.9 Å². The molecule has 4 aromatic carbocycles. The highest BCUT2D eigenvalue weighted by Gasteiger charge is 2.28. The lowest BCUT2D eigenvalue weighted by Gasteiger charge is -2.37. The van der Waals surface area contributed by atoms with Crippen LogP contribution in [0, 0.1) is 17.6 Å². The maximum absolute atomic E-state index is 13.6. The highest BCUT2D eigenvalue weighted by Crippen LogP contribution is 2.34. The van der Waals surface area contributed by atoms with Crippen LogP contribution < -0.4 is 10.1 Å². The van der Waals surface area contributed by atoms with Crippen LogP contribution in [0.25, 0.3) is 10.8 Å². The van der Waals surface area contributed by atoms with Crippen molar-refractivity contribution in [3.63, 3.8) is 0 Å². The van der Waals surface area contributed by atoms with Crippen LogP contribution in [0.15, 0.2) is 91.0 Å². The Balaban J connectivity index is 0.00000304. The average molecular weight is 509 g/mol. The quantitative estimate of drug-likeness (QED) is 0.267. The first-order valence-corrected chi connectivity index (χ1v) is 12.3. The van der Waals surface area contributed by atoms with Crippen LogP contribution in [0.1, 0.15) is 24.4 Å². The zero-order valence-corrected chi connectivity index (χ0v) is 20.9. The lowest BCUT2D eigenvalue weighted by atomic mass is 9.85. The molecule has 0 spiro atoms. The molecule has 3 nitrogen and oxygen atoms in total. The first-order chi connectivity index (χ1) is 17.1. The van der Waals surface area contributed by atoms with Gasteiger partial charge < -0.3 is 10.1 Å². The van der Waals surface area contributed by atoms with Gasteiger partial charge in [-0.15, -0.1) is 12.4 Å². The van der Waals surface area contributed by atoms with Gasteiger partial charge >= 0.3 is 0 Å². The summed E-state index contributed by atoms with van der Waals surface area (Å²) in [5, 5.41) is 5.97. The first kappa shape index (κ1) is 25.9. The molecule has 1 aliphatic rings. The molecule has 36 heavy (non-hydrogen) atoms. The van der Waals surface area contributed by atoms with E-state index in [4.69, 9.17) is 4.74 Å². The lowest BCUT2D eigenvalue weighted by molar-refractivity contribution is 0.147. The number of benzene rings is 4. The van der Waals surface area contributed by atoms with Crippen molar-refractivity contribution in [3.8, 4) is 5.75 Å². The number of likely N-dealkylation sites (tertiary alicyclic amines) is 1. The Kier molecular flexibility index (Phi) is 8.79. The second-order valence-corrected chi connectivity index (χ2v) is 9.22. The Morgan fingerprint density at radius 3 is 2.14 bits per heavy atom. The molecule has 1 saturated heterocycles. The van der Waals surface area contributed by atoms with Crippen LogP contribution in [0.3, 0.4) is 0 Å². The summed E-state index contributed by atoms with van der Waals surface area (Å²) in [6.45, 7) is 3.49. The van der Waals surface area contributed by atoms with Crippen LogP contribution in [-0.2, 0) is 0 Å². The van der Waals surface area contributed by atoms with Crippen LogP contribution >= 0.6 is 12.4 Å². The molecule has 0 radical (unpaired) electrons. The molecule has 1 N–H and O–H groups in total. The number of rotatable bonds is 8. The van der Waals surface area contributed by atoms with Gasteiger partial charge in [0.1, 0.15) is 24.0 Å². The van der Waals surface area contributed by atoms with Crippen LogP contribution in [0.4, 0.5) is 14.5 Å². The summed E-state index contributed by atoms with van der Waals surface area (Å²) >= 11 is 0. The Hall–Kier alpha value is -3.15. The Morgan fingerprint density at radius 2 is 1.44 bits per heavy atom. The normalized spacial score (nSPS) is 15.3. The minimum Gasteiger partial charge on any atom is -0.492 e. The lowest BCUT2D eigenvalue weighted by Crippen LogP contribution is -2.39. The predicted octanol–water partition coefficient (Wildman–Crippen LogP) is 7.48. The van der Waals surface area contributed by atoms with Gasteiger partial charge in [0.15, 0.2) is 0 Å². The Bertz CT molecular complexity index is 1240. The van der Waals surface area contributed by atoms with Crippen molar-refractivity contribution in [1.29, 1.82) is 0 Å². The van der Waals surface area contributed by atoms with Crippen LogP contribution in [0.2, 0.25) is 0 Å². The summed E-state index contributed by atoms with van der Waals surface area (Å²) in [4.78, 5) is 2.44. The standard InChI is InChI=1S/C30H30F2N2O.ClH/c31-26-8-5-23(6-9-26)30(33-28-12-10-27(32)11-13-28)24-15-17-34(18-16-24)19-20-35-29-14-7-22-3-1-2-4-25(22)21-29;/h1-14,21,24,30,33H,15-20H2;1H. The Morgan fingerprint density at radius 1 is 0.806 bits per heavy atom. The van der Waals surface area contributed by atoms with Gasteiger partial charge in [-0.1, -0.05) is 42.5 Å². The van der Waals surface area contributed by atoms with Gasteiger partial charge in [-0.25, -0.2) is 8.78 Å². The van der Waals surface area contributed by atoms with Crippen molar-refractivity contribution >= 4 is 28.9 Å². The number of nitrogens with zero attached hydrogens (tertiary/aromatic N) is 1. The molecule has 6 heteroatoms. The minimum atomic E-state index is -0.256. The molecule has 0 aromatic heterocycles. The number of hydrogen-bond donors (Lipinski definition) is 1. The highest BCUT2D eigenvalue weighted by molar-refractivity contribution is 5.85. The monoisotopic (exact) mass is 508 g/mol. The van der Waals surface area contributed by atoms with Gasteiger partial charge in [-0.2, -0.15) is 0 Å². The number of ether oxygens (including phenoxy) is 1. The third-order valence-electron chi connectivity index (χ3n) is 6.90. The number of piperidine rings is 1. The molecular weight excluding hydrogens is 478 g/mol. The van der Waals surface area contributed by atoms with E-state index in [1.54, 1.807) is 12.1 Å². The van der Waals surface area contributed by atoms with Gasteiger partial charge in [0.05, 0.1) is 6.04 Å². The summed E-state index contributed by atoms with van der Waals surface area (Å²) in [6.07, 6.45) is 2.04. The van der Waals surface area contributed by atoms with Gasteiger partial charge in [0, 0.05) is 12.2 Å². The molecule has 188 valence electrons. The van der Waals surface area contributed by atoms with Gasteiger partial charge in [0.2, 0.25) is 0 Å². The molecule has 0 saturated carbocycles.